The topological polar surface area (TPSA) is 118 Å². The lowest BCUT2D eigenvalue weighted by Crippen LogP contribution is -2.73. The van der Waals surface area contributed by atoms with Crippen LogP contribution in [-0.4, -0.2) is 61.3 Å². The fourth-order valence-corrected chi connectivity index (χ4v) is 4.85. The predicted octanol–water partition coefficient (Wildman–Crippen LogP) is 2.87. The zero-order chi connectivity index (χ0) is 26.1. The number of fused-ring (bicyclic) bond motifs is 1. The minimum atomic E-state index is -2.61. The number of ether oxygens (including phenoxy) is 3. The van der Waals surface area contributed by atoms with E-state index in [1.54, 1.807) is 62.4 Å². The van der Waals surface area contributed by atoms with Crippen LogP contribution in [0.5, 0.6) is 5.75 Å². The minimum absolute atomic E-state index is 0.0106. The molecule has 2 unspecified atom stereocenters. The molecule has 1 fully saturated rings. The van der Waals surface area contributed by atoms with Gasteiger partial charge in [0.2, 0.25) is 0 Å². The highest BCUT2D eigenvalue weighted by Crippen LogP contribution is 2.52. The lowest BCUT2D eigenvalue weighted by molar-refractivity contribution is -0.175. The first-order valence-corrected chi connectivity index (χ1v) is 12.2. The summed E-state index contributed by atoms with van der Waals surface area (Å²) in [6.07, 6.45) is -0.131. The Morgan fingerprint density at radius 2 is 1.64 bits per heavy atom. The van der Waals surface area contributed by atoms with Gasteiger partial charge in [0.1, 0.15) is 5.75 Å². The number of hydrazone groups is 1. The maximum absolute atomic E-state index is 14.1. The van der Waals surface area contributed by atoms with Crippen LogP contribution in [0.15, 0.2) is 58.1 Å². The van der Waals surface area contributed by atoms with Crippen LogP contribution in [0.1, 0.15) is 20.3 Å². The molecule has 1 amide bonds. The van der Waals surface area contributed by atoms with E-state index >= 15 is 0 Å². The standard InChI is InChI=1S/C25H26BrN3O7/c1-4-35-21(30)20-24(23(32)36-5-2)14-15-28(17-8-6-16(26)7-9-17)22(31)25(24,33)29(27-20)18-10-12-19(34-3)13-11-18/h6-13,33H,4-5,14-15H2,1-3H3. The predicted molar refractivity (Wildman–Crippen MR) is 135 cm³/mol. The number of hydrogen-bond acceptors (Lipinski definition) is 9. The summed E-state index contributed by atoms with van der Waals surface area (Å²) in [5, 5.41) is 17.7. The molecular weight excluding hydrogens is 534 g/mol. The Bertz CT molecular complexity index is 1200. The number of piperidine rings is 1. The van der Waals surface area contributed by atoms with E-state index in [-0.39, 0.29) is 37.6 Å². The third-order valence-electron chi connectivity index (χ3n) is 6.31. The van der Waals surface area contributed by atoms with Crippen molar-refractivity contribution in [2.45, 2.75) is 26.0 Å². The normalized spacial score (nSPS) is 23.1. The number of aliphatic hydroxyl groups is 1. The van der Waals surface area contributed by atoms with Crippen molar-refractivity contribution in [3.63, 3.8) is 0 Å². The fourth-order valence-electron chi connectivity index (χ4n) is 4.58. The molecule has 0 radical (unpaired) electrons. The summed E-state index contributed by atoms with van der Waals surface area (Å²) in [4.78, 5) is 42.1. The van der Waals surface area contributed by atoms with E-state index in [0.29, 0.717) is 11.4 Å². The molecule has 190 valence electrons. The monoisotopic (exact) mass is 559 g/mol. The van der Waals surface area contributed by atoms with Crippen LogP contribution in [0.25, 0.3) is 0 Å². The van der Waals surface area contributed by atoms with Crippen LogP contribution < -0.4 is 14.6 Å². The quantitative estimate of drug-likeness (QED) is 0.514. The molecule has 2 atom stereocenters. The van der Waals surface area contributed by atoms with E-state index in [9.17, 15) is 19.5 Å². The van der Waals surface area contributed by atoms with Crippen molar-refractivity contribution >= 4 is 50.9 Å². The molecule has 2 aromatic carbocycles. The van der Waals surface area contributed by atoms with Gasteiger partial charge in [-0.05, 0) is 68.8 Å². The summed E-state index contributed by atoms with van der Waals surface area (Å²) in [7, 11) is 1.50. The largest absolute Gasteiger partial charge is 0.497 e. The number of rotatable bonds is 7. The van der Waals surface area contributed by atoms with Crippen LogP contribution in [0, 0.1) is 5.41 Å². The number of anilines is 2. The molecule has 2 aliphatic heterocycles. The zero-order valence-corrected chi connectivity index (χ0v) is 21.6. The fraction of sp³-hybridized carbons (Fsp3) is 0.360. The first-order chi connectivity index (χ1) is 17.2. The minimum Gasteiger partial charge on any atom is -0.497 e. The van der Waals surface area contributed by atoms with Crippen LogP contribution in [-0.2, 0) is 23.9 Å². The molecule has 2 aromatic rings. The first kappa shape index (κ1) is 25.6. The number of nitrogens with zero attached hydrogens (tertiary/aromatic N) is 3. The summed E-state index contributed by atoms with van der Waals surface area (Å²) < 4.78 is 16.5. The number of esters is 2. The summed E-state index contributed by atoms with van der Waals surface area (Å²) in [5.74, 6) is -2.14. The zero-order valence-electron chi connectivity index (χ0n) is 20.1. The Morgan fingerprint density at radius 3 is 2.22 bits per heavy atom. The lowest BCUT2D eigenvalue weighted by atomic mass is 9.68. The van der Waals surface area contributed by atoms with Gasteiger partial charge >= 0.3 is 11.9 Å². The molecule has 1 saturated heterocycles. The molecule has 4 rings (SSSR count). The molecule has 1 N–H and O–H groups in total. The number of carbonyl (C=O) groups excluding carboxylic acids is 3. The second-order valence-electron chi connectivity index (χ2n) is 8.16. The average Bonchev–Trinajstić information content (AvgIpc) is 3.16. The second kappa shape index (κ2) is 9.90. The SMILES string of the molecule is CCOC(=O)C1=NN(c2ccc(OC)cc2)C2(O)C(=O)N(c3ccc(Br)cc3)CCC12C(=O)OCC. The van der Waals surface area contributed by atoms with E-state index in [2.05, 4.69) is 21.0 Å². The van der Waals surface area contributed by atoms with Gasteiger partial charge < -0.3 is 24.2 Å². The molecule has 2 aliphatic rings. The Labute approximate surface area is 216 Å². The van der Waals surface area contributed by atoms with E-state index in [4.69, 9.17) is 14.2 Å². The number of amides is 1. The number of hydrogen-bond donors (Lipinski definition) is 1. The maximum atomic E-state index is 14.1. The first-order valence-electron chi connectivity index (χ1n) is 11.4. The maximum Gasteiger partial charge on any atom is 0.355 e. The molecular formula is C25H26BrN3O7. The highest BCUT2D eigenvalue weighted by Gasteiger charge is 2.76. The third-order valence-corrected chi connectivity index (χ3v) is 6.84. The Balaban J connectivity index is 1.92. The molecule has 0 aliphatic carbocycles. The van der Waals surface area contributed by atoms with Crippen molar-refractivity contribution < 1.29 is 33.7 Å². The third kappa shape index (κ3) is 3.82. The van der Waals surface area contributed by atoms with Crippen molar-refractivity contribution in [3.05, 3.63) is 53.0 Å². The van der Waals surface area contributed by atoms with E-state index in [1.807, 2.05) is 0 Å². The van der Waals surface area contributed by atoms with Crippen LogP contribution >= 0.6 is 15.9 Å². The van der Waals surface area contributed by atoms with Gasteiger partial charge in [-0.1, -0.05) is 15.9 Å². The van der Waals surface area contributed by atoms with Crippen molar-refractivity contribution in [1.82, 2.24) is 0 Å². The number of halogens is 1. The van der Waals surface area contributed by atoms with Crippen molar-refractivity contribution in [1.29, 1.82) is 0 Å². The number of carbonyl (C=O) groups is 3. The van der Waals surface area contributed by atoms with Crippen LogP contribution in [0.2, 0.25) is 0 Å². The van der Waals surface area contributed by atoms with Gasteiger partial charge in [-0.3, -0.25) is 9.59 Å². The molecule has 36 heavy (non-hydrogen) atoms. The highest BCUT2D eigenvalue weighted by atomic mass is 79.9. The lowest BCUT2D eigenvalue weighted by Gasteiger charge is -2.48. The van der Waals surface area contributed by atoms with E-state index < -0.39 is 29.0 Å². The van der Waals surface area contributed by atoms with E-state index in [0.717, 1.165) is 9.48 Å². The van der Waals surface area contributed by atoms with Gasteiger partial charge in [0.25, 0.3) is 11.6 Å². The van der Waals surface area contributed by atoms with Crippen molar-refractivity contribution in [3.8, 4) is 5.75 Å². The van der Waals surface area contributed by atoms with Crippen LogP contribution in [0.3, 0.4) is 0 Å². The molecule has 0 aromatic heterocycles. The summed E-state index contributed by atoms with van der Waals surface area (Å²) in [6.45, 7) is 3.22. The Hall–Kier alpha value is -3.44. The van der Waals surface area contributed by atoms with Gasteiger partial charge in [-0.25, -0.2) is 9.80 Å². The smallest absolute Gasteiger partial charge is 0.355 e. The summed E-state index contributed by atoms with van der Waals surface area (Å²) in [5.41, 5.74) is -4.34. The van der Waals surface area contributed by atoms with E-state index in [1.165, 1.54) is 12.0 Å². The number of benzene rings is 2. The molecule has 0 saturated carbocycles. The van der Waals surface area contributed by atoms with Gasteiger partial charge in [0.05, 0.1) is 26.0 Å². The summed E-state index contributed by atoms with van der Waals surface area (Å²) >= 11 is 3.37. The van der Waals surface area contributed by atoms with Gasteiger partial charge in [-0.15, -0.1) is 0 Å². The average molecular weight is 560 g/mol. The molecule has 0 spiro atoms. The Morgan fingerprint density at radius 1 is 1.03 bits per heavy atom. The van der Waals surface area contributed by atoms with Gasteiger partial charge in [0.15, 0.2) is 11.1 Å². The summed E-state index contributed by atoms with van der Waals surface area (Å²) in [6, 6.07) is 13.3. The van der Waals surface area contributed by atoms with Crippen LogP contribution in [0.4, 0.5) is 11.4 Å². The molecule has 2 heterocycles. The Kier molecular flexibility index (Phi) is 7.05. The van der Waals surface area contributed by atoms with Crippen molar-refractivity contribution in [2.75, 3.05) is 36.8 Å². The highest BCUT2D eigenvalue weighted by molar-refractivity contribution is 9.10. The molecule has 11 heteroatoms. The van der Waals surface area contributed by atoms with Gasteiger partial charge in [-0.2, -0.15) is 5.10 Å². The number of methoxy groups -OCH3 is 1. The van der Waals surface area contributed by atoms with Crippen molar-refractivity contribution in [2.24, 2.45) is 10.5 Å². The second-order valence-corrected chi connectivity index (χ2v) is 9.08. The molecule has 10 nitrogen and oxygen atoms in total. The molecule has 0 bridgehead atoms. The van der Waals surface area contributed by atoms with Gasteiger partial charge in [0, 0.05) is 16.7 Å².